The molecule has 0 aliphatic heterocycles. The number of hydrogen-bond acceptors (Lipinski definition) is 2. The molecule has 0 aromatic rings. The summed E-state index contributed by atoms with van der Waals surface area (Å²) in [4.78, 5) is 11.4. The van der Waals surface area contributed by atoms with E-state index in [0.29, 0.717) is 0 Å². The number of allylic oxidation sites excluding steroid dienone is 1. The summed E-state index contributed by atoms with van der Waals surface area (Å²) in [5.41, 5.74) is 0.485. The maximum absolute atomic E-state index is 11.4. The summed E-state index contributed by atoms with van der Waals surface area (Å²) in [6.45, 7) is 5.82. The van der Waals surface area contributed by atoms with Gasteiger partial charge in [-0.15, -0.1) is 0 Å². The van der Waals surface area contributed by atoms with Crippen LogP contribution in [0.3, 0.4) is 0 Å². The molecule has 16 heavy (non-hydrogen) atoms. The molecule has 2 rings (SSSR count). The number of Topliss-reactive ketones (excluding diaryl/α,β-unsaturated/α-hetero) is 1. The van der Waals surface area contributed by atoms with Crippen LogP contribution < -0.4 is 0 Å². The third kappa shape index (κ3) is 1.84. The molecule has 0 saturated heterocycles. The molecule has 1 N–H and O–H groups in total. The summed E-state index contributed by atoms with van der Waals surface area (Å²) >= 11 is 0. The summed E-state index contributed by atoms with van der Waals surface area (Å²) in [7, 11) is 0. The van der Waals surface area contributed by atoms with Gasteiger partial charge in [0, 0.05) is 5.92 Å². The minimum Gasteiger partial charge on any atom is -0.390 e. The maximum Gasteiger partial charge on any atom is 0.155 e. The molecule has 2 aliphatic carbocycles. The van der Waals surface area contributed by atoms with Crippen LogP contribution in [0, 0.1) is 11.3 Å². The lowest BCUT2D eigenvalue weighted by Gasteiger charge is -2.51. The number of aliphatic hydroxyl groups is 1. The van der Waals surface area contributed by atoms with Crippen molar-refractivity contribution in [1.82, 2.24) is 0 Å². The van der Waals surface area contributed by atoms with Crippen LogP contribution in [-0.4, -0.2) is 16.5 Å². The number of ketones is 1. The van der Waals surface area contributed by atoms with Crippen LogP contribution >= 0.6 is 0 Å². The first-order chi connectivity index (χ1) is 7.35. The Morgan fingerprint density at radius 3 is 2.69 bits per heavy atom. The Hall–Kier alpha value is -0.630. The van der Waals surface area contributed by atoms with E-state index in [-0.39, 0.29) is 17.1 Å². The zero-order chi connectivity index (χ0) is 12.0. The van der Waals surface area contributed by atoms with Crippen LogP contribution in [0.15, 0.2) is 11.6 Å². The highest BCUT2D eigenvalue weighted by molar-refractivity contribution is 5.93. The molecule has 0 heterocycles. The largest absolute Gasteiger partial charge is 0.390 e. The van der Waals surface area contributed by atoms with Gasteiger partial charge in [0.05, 0.1) is 5.60 Å². The Morgan fingerprint density at radius 2 is 2.06 bits per heavy atom. The quantitative estimate of drug-likeness (QED) is 0.740. The standard InChI is InChI=1S/C14H22O2/c1-10(15)11-5-8-13(2)6-4-7-14(3,16)12(13)9-11/h9,12,16H,4-8H2,1-3H3/t12-,13-,14-/m0/s1. The van der Waals surface area contributed by atoms with Crippen molar-refractivity contribution < 1.29 is 9.90 Å². The van der Waals surface area contributed by atoms with Crippen molar-refractivity contribution in [3.8, 4) is 0 Å². The van der Waals surface area contributed by atoms with E-state index in [1.54, 1.807) is 6.92 Å². The van der Waals surface area contributed by atoms with Gasteiger partial charge in [0.15, 0.2) is 5.78 Å². The molecule has 0 amide bonds. The van der Waals surface area contributed by atoms with Crippen molar-refractivity contribution in [2.45, 2.75) is 58.5 Å². The number of carbonyl (C=O) groups is 1. The number of carbonyl (C=O) groups excluding carboxylic acids is 1. The monoisotopic (exact) mass is 222 g/mol. The molecule has 0 unspecified atom stereocenters. The summed E-state index contributed by atoms with van der Waals surface area (Å²) in [5.74, 6) is 0.324. The van der Waals surface area contributed by atoms with Gasteiger partial charge >= 0.3 is 0 Å². The fraction of sp³-hybridized carbons (Fsp3) is 0.786. The van der Waals surface area contributed by atoms with E-state index in [9.17, 15) is 9.90 Å². The predicted molar refractivity (Wildman–Crippen MR) is 64.1 cm³/mol. The van der Waals surface area contributed by atoms with Crippen molar-refractivity contribution in [2.24, 2.45) is 11.3 Å². The van der Waals surface area contributed by atoms with E-state index in [2.05, 4.69) is 13.0 Å². The molecular formula is C14H22O2. The van der Waals surface area contributed by atoms with Crippen molar-refractivity contribution >= 4 is 5.78 Å². The molecule has 1 saturated carbocycles. The van der Waals surface area contributed by atoms with Crippen LogP contribution in [0.25, 0.3) is 0 Å². The van der Waals surface area contributed by atoms with Crippen LogP contribution in [0.5, 0.6) is 0 Å². The Labute approximate surface area is 97.7 Å². The van der Waals surface area contributed by atoms with Gasteiger partial charge in [-0.3, -0.25) is 4.79 Å². The van der Waals surface area contributed by atoms with E-state index in [0.717, 1.165) is 31.3 Å². The van der Waals surface area contributed by atoms with E-state index >= 15 is 0 Å². The molecule has 2 heteroatoms. The van der Waals surface area contributed by atoms with Crippen molar-refractivity contribution in [2.75, 3.05) is 0 Å². The van der Waals surface area contributed by atoms with Gasteiger partial charge in [-0.05, 0) is 50.5 Å². The van der Waals surface area contributed by atoms with Crippen molar-refractivity contribution in [3.05, 3.63) is 11.6 Å². The van der Waals surface area contributed by atoms with E-state index < -0.39 is 5.60 Å². The Kier molecular flexibility index (Phi) is 2.73. The molecule has 2 aliphatic rings. The molecule has 3 atom stereocenters. The van der Waals surface area contributed by atoms with E-state index in [1.807, 2.05) is 6.92 Å². The highest BCUT2D eigenvalue weighted by atomic mass is 16.3. The SMILES string of the molecule is CC(=O)C1=C[C@H]2[C@@](C)(CCC[C@]2(C)O)CC1. The van der Waals surface area contributed by atoms with Gasteiger partial charge < -0.3 is 5.11 Å². The third-order valence-corrected chi connectivity index (χ3v) is 4.64. The smallest absolute Gasteiger partial charge is 0.155 e. The van der Waals surface area contributed by atoms with E-state index in [1.165, 1.54) is 6.42 Å². The topological polar surface area (TPSA) is 37.3 Å². The van der Waals surface area contributed by atoms with Crippen molar-refractivity contribution in [3.63, 3.8) is 0 Å². The second kappa shape index (κ2) is 3.69. The van der Waals surface area contributed by atoms with Gasteiger partial charge in [0.25, 0.3) is 0 Å². The summed E-state index contributed by atoms with van der Waals surface area (Å²) in [6, 6.07) is 0. The maximum atomic E-state index is 11.4. The fourth-order valence-corrected chi connectivity index (χ4v) is 3.57. The number of fused-ring (bicyclic) bond motifs is 1. The van der Waals surface area contributed by atoms with Gasteiger partial charge in [0.2, 0.25) is 0 Å². The molecule has 0 spiro atoms. The lowest BCUT2D eigenvalue weighted by molar-refractivity contribution is -0.114. The van der Waals surface area contributed by atoms with Crippen molar-refractivity contribution in [1.29, 1.82) is 0 Å². The first kappa shape index (κ1) is 11.8. The molecule has 0 aromatic carbocycles. The molecule has 0 aromatic heterocycles. The Morgan fingerprint density at radius 1 is 1.38 bits per heavy atom. The lowest BCUT2D eigenvalue weighted by atomic mass is 9.56. The van der Waals surface area contributed by atoms with Crippen LogP contribution in [0.1, 0.15) is 52.9 Å². The normalized spacial score (nSPS) is 43.5. The Bertz CT molecular complexity index is 341. The lowest BCUT2D eigenvalue weighted by Crippen LogP contribution is -2.49. The summed E-state index contributed by atoms with van der Waals surface area (Å²) in [6.07, 6.45) is 7.12. The predicted octanol–water partition coefficient (Wildman–Crippen LogP) is 2.85. The zero-order valence-electron chi connectivity index (χ0n) is 10.5. The summed E-state index contributed by atoms with van der Waals surface area (Å²) < 4.78 is 0. The molecular weight excluding hydrogens is 200 g/mol. The second-order valence-corrected chi connectivity index (χ2v) is 6.09. The minimum atomic E-state index is -0.631. The fourth-order valence-electron chi connectivity index (χ4n) is 3.57. The van der Waals surface area contributed by atoms with Crippen LogP contribution in [0.4, 0.5) is 0 Å². The zero-order valence-corrected chi connectivity index (χ0v) is 10.5. The van der Waals surface area contributed by atoms with Crippen LogP contribution in [0.2, 0.25) is 0 Å². The van der Waals surface area contributed by atoms with E-state index in [4.69, 9.17) is 0 Å². The molecule has 0 bridgehead atoms. The Balaban J connectivity index is 2.36. The molecule has 1 fully saturated rings. The molecule has 90 valence electrons. The van der Waals surface area contributed by atoms with Gasteiger partial charge in [0.1, 0.15) is 0 Å². The number of rotatable bonds is 1. The first-order valence-corrected chi connectivity index (χ1v) is 6.29. The second-order valence-electron chi connectivity index (χ2n) is 6.09. The third-order valence-electron chi connectivity index (χ3n) is 4.64. The average molecular weight is 222 g/mol. The first-order valence-electron chi connectivity index (χ1n) is 6.29. The highest BCUT2D eigenvalue weighted by Gasteiger charge is 2.48. The van der Waals surface area contributed by atoms with Gasteiger partial charge in [-0.2, -0.15) is 0 Å². The average Bonchev–Trinajstić information content (AvgIpc) is 2.15. The summed E-state index contributed by atoms with van der Waals surface area (Å²) in [5, 5.41) is 10.5. The highest BCUT2D eigenvalue weighted by Crippen LogP contribution is 2.52. The van der Waals surface area contributed by atoms with Gasteiger partial charge in [-0.25, -0.2) is 0 Å². The number of hydrogen-bond donors (Lipinski definition) is 1. The van der Waals surface area contributed by atoms with Gasteiger partial charge in [-0.1, -0.05) is 19.4 Å². The molecule has 2 nitrogen and oxygen atoms in total. The molecule has 0 radical (unpaired) electrons. The van der Waals surface area contributed by atoms with Crippen LogP contribution in [-0.2, 0) is 4.79 Å². The minimum absolute atomic E-state index is 0.154.